The summed E-state index contributed by atoms with van der Waals surface area (Å²) < 4.78 is 24.8. The normalized spacial score (nSPS) is 11.9. The number of nitrogens with one attached hydrogen (secondary N) is 1. The number of aryl methyl sites for hydroxylation is 1. The van der Waals surface area contributed by atoms with Crippen LogP contribution in [-0.4, -0.2) is 44.5 Å². The molecule has 1 amide bonds. The topological polar surface area (TPSA) is 66.5 Å². The van der Waals surface area contributed by atoms with Crippen LogP contribution in [-0.2, 0) is 21.2 Å². The molecular weight excluding hydrogens is 300 g/mol. The monoisotopic (exact) mass is 326 g/mol. The number of hydrogen-bond donors (Lipinski definition) is 1. The zero-order valence-electron chi connectivity index (χ0n) is 13.8. The Balaban J connectivity index is 2.48. The smallest absolute Gasteiger partial charge is 0.224 e. The van der Waals surface area contributed by atoms with E-state index in [2.05, 4.69) is 5.32 Å². The Morgan fingerprint density at radius 3 is 2.45 bits per heavy atom. The van der Waals surface area contributed by atoms with E-state index in [1.165, 1.54) is 10.6 Å². The van der Waals surface area contributed by atoms with Crippen molar-refractivity contribution < 1.29 is 13.2 Å². The summed E-state index contributed by atoms with van der Waals surface area (Å²) >= 11 is 0. The largest absolute Gasteiger partial charge is 0.354 e. The first-order valence-electron chi connectivity index (χ1n) is 7.46. The van der Waals surface area contributed by atoms with Crippen molar-refractivity contribution in [2.45, 2.75) is 27.2 Å². The van der Waals surface area contributed by atoms with Gasteiger partial charge in [-0.2, -0.15) is 0 Å². The molecule has 22 heavy (non-hydrogen) atoms. The number of carbonyl (C=O) groups excluding carboxylic acids is 1. The van der Waals surface area contributed by atoms with Crippen LogP contribution >= 0.6 is 0 Å². The molecule has 0 heterocycles. The van der Waals surface area contributed by atoms with Gasteiger partial charge in [-0.15, -0.1) is 0 Å². The highest BCUT2D eigenvalue weighted by molar-refractivity contribution is 7.88. The number of amides is 1. The molecule has 6 heteroatoms. The first-order valence-corrected chi connectivity index (χ1v) is 9.31. The van der Waals surface area contributed by atoms with Gasteiger partial charge in [-0.25, -0.2) is 12.7 Å². The highest BCUT2D eigenvalue weighted by Crippen LogP contribution is 2.07. The van der Waals surface area contributed by atoms with Gasteiger partial charge in [0.1, 0.15) is 0 Å². The summed E-state index contributed by atoms with van der Waals surface area (Å²) in [5, 5.41) is 2.79. The minimum Gasteiger partial charge on any atom is -0.354 e. The second-order valence-electron chi connectivity index (χ2n) is 5.97. The van der Waals surface area contributed by atoms with Crippen LogP contribution in [0, 0.1) is 12.8 Å². The molecule has 0 aliphatic heterocycles. The van der Waals surface area contributed by atoms with Gasteiger partial charge in [-0.3, -0.25) is 4.79 Å². The summed E-state index contributed by atoms with van der Waals surface area (Å²) in [6, 6.07) is 7.74. The summed E-state index contributed by atoms with van der Waals surface area (Å²) in [4.78, 5) is 11.9. The molecule has 1 N–H and O–H groups in total. The lowest BCUT2D eigenvalue weighted by molar-refractivity contribution is -0.120. The van der Waals surface area contributed by atoms with Crippen LogP contribution in [0.25, 0.3) is 0 Å². The van der Waals surface area contributed by atoms with Crippen LogP contribution in [0.3, 0.4) is 0 Å². The maximum absolute atomic E-state index is 11.9. The number of carbonyl (C=O) groups is 1. The fourth-order valence-corrected chi connectivity index (χ4v) is 3.16. The van der Waals surface area contributed by atoms with Gasteiger partial charge in [0, 0.05) is 19.6 Å². The number of hydrogen-bond acceptors (Lipinski definition) is 3. The van der Waals surface area contributed by atoms with E-state index in [0.717, 1.165) is 11.1 Å². The Hall–Kier alpha value is -1.40. The Morgan fingerprint density at radius 2 is 1.91 bits per heavy atom. The van der Waals surface area contributed by atoms with Crippen molar-refractivity contribution >= 4 is 15.9 Å². The Kier molecular flexibility index (Phi) is 7.03. The van der Waals surface area contributed by atoms with Crippen LogP contribution < -0.4 is 5.32 Å². The van der Waals surface area contributed by atoms with Crippen LogP contribution in [0.1, 0.15) is 25.0 Å². The van der Waals surface area contributed by atoms with Crippen LogP contribution in [0.5, 0.6) is 0 Å². The quantitative estimate of drug-likeness (QED) is 0.788. The van der Waals surface area contributed by atoms with Gasteiger partial charge < -0.3 is 5.32 Å². The average molecular weight is 326 g/mol. The summed E-state index contributed by atoms with van der Waals surface area (Å²) in [7, 11) is -3.24. The van der Waals surface area contributed by atoms with E-state index < -0.39 is 10.0 Å². The molecule has 0 aromatic heterocycles. The van der Waals surface area contributed by atoms with Gasteiger partial charge in [-0.05, 0) is 24.0 Å². The third kappa shape index (κ3) is 6.58. The average Bonchev–Trinajstić information content (AvgIpc) is 2.39. The molecule has 5 nitrogen and oxygen atoms in total. The molecule has 0 bridgehead atoms. The molecule has 1 aromatic rings. The van der Waals surface area contributed by atoms with E-state index in [1.54, 1.807) is 0 Å². The summed E-state index contributed by atoms with van der Waals surface area (Å²) in [5.74, 6) is 0.157. The van der Waals surface area contributed by atoms with E-state index >= 15 is 0 Å². The predicted molar refractivity (Wildman–Crippen MR) is 89.1 cm³/mol. The maximum atomic E-state index is 11.9. The third-order valence-electron chi connectivity index (χ3n) is 3.33. The van der Waals surface area contributed by atoms with Crippen molar-refractivity contribution in [1.29, 1.82) is 0 Å². The van der Waals surface area contributed by atoms with Gasteiger partial charge in [0.2, 0.25) is 15.9 Å². The molecular formula is C16H26N2O3S. The van der Waals surface area contributed by atoms with Crippen molar-refractivity contribution in [3.63, 3.8) is 0 Å². The second kappa shape index (κ2) is 8.29. The molecule has 0 saturated heterocycles. The highest BCUT2D eigenvalue weighted by atomic mass is 32.2. The second-order valence-corrected chi connectivity index (χ2v) is 7.95. The van der Waals surface area contributed by atoms with E-state index in [4.69, 9.17) is 0 Å². The van der Waals surface area contributed by atoms with Gasteiger partial charge in [-0.1, -0.05) is 38.1 Å². The van der Waals surface area contributed by atoms with Gasteiger partial charge in [0.05, 0.1) is 12.7 Å². The molecule has 1 aromatic carbocycles. The van der Waals surface area contributed by atoms with E-state index in [1.807, 2.05) is 45.0 Å². The molecule has 124 valence electrons. The molecule has 0 fully saturated rings. The van der Waals surface area contributed by atoms with Crippen LogP contribution in [0.15, 0.2) is 24.3 Å². The molecule has 0 atom stereocenters. The highest BCUT2D eigenvalue weighted by Gasteiger charge is 2.17. The molecule has 1 rings (SSSR count). The number of benzene rings is 1. The van der Waals surface area contributed by atoms with Crippen molar-refractivity contribution in [3.8, 4) is 0 Å². The summed E-state index contributed by atoms with van der Waals surface area (Å²) in [6.07, 6.45) is 1.51. The lowest BCUT2D eigenvalue weighted by atomic mass is 10.1. The Labute approximate surface area is 133 Å². The van der Waals surface area contributed by atoms with Crippen molar-refractivity contribution in [3.05, 3.63) is 35.4 Å². The summed E-state index contributed by atoms with van der Waals surface area (Å²) in [6.45, 7) is 6.99. The molecule has 0 saturated carbocycles. The lowest BCUT2D eigenvalue weighted by Gasteiger charge is -2.22. The van der Waals surface area contributed by atoms with Crippen LogP contribution in [0.2, 0.25) is 0 Å². The molecule has 0 aliphatic rings. The SMILES string of the molecule is Cc1ccccc1CC(=O)NCCN(CC(C)C)S(C)(=O)=O. The Morgan fingerprint density at radius 1 is 1.27 bits per heavy atom. The Bertz CT molecular complexity index is 597. The predicted octanol–water partition coefficient (Wildman–Crippen LogP) is 1.57. The van der Waals surface area contributed by atoms with Crippen molar-refractivity contribution in [1.82, 2.24) is 9.62 Å². The number of rotatable bonds is 8. The van der Waals surface area contributed by atoms with E-state index in [-0.39, 0.29) is 11.8 Å². The van der Waals surface area contributed by atoms with E-state index in [9.17, 15) is 13.2 Å². The number of nitrogens with zero attached hydrogens (tertiary/aromatic N) is 1. The standard InChI is InChI=1S/C16H26N2O3S/c1-13(2)12-18(22(4,20)21)10-9-17-16(19)11-15-8-6-5-7-14(15)3/h5-8,13H,9-12H2,1-4H3,(H,17,19). The summed E-state index contributed by atoms with van der Waals surface area (Å²) in [5.41, 5.74) is 2.07. The van der Waals surface area contributed by atoms with Gasteiger partial charge in [0.25, 0.3) is 0 Å². The zero-order chi connectivity index (χ0) is 16.8. The molecule has 0 aliphatic carbocycles. The lowest BCUT2D eigenvalue weighted by Crippen LogP contribution is -2.40. The van der Waals surface area contributed by atoms with Crippen molar-refractivity contribution in [2.24, 2.45) is 5.92 Å². The fourth-order valence-electron chi connectivity index (χ4n) is 2.16. The molecule has 0 spiro atoms. The minimum absolute atomic E-state index is 0.0905. The maximum Gasteiger partial charge on any atom is 0.224 e. The third-order valence-corrected chi connectivity index (χ3v) is 4.60. The first kappa shape index (κ1) is 18.6. The zero-order valence-corrected chi connectivity index (χ0v) is 14.6. The van der Waals surface area contributed by atoms with Gasteiger partial charge >= 0.3 is 0 Å². The van der Waals surface area contributed by atoms with Gasteiger partial charge in [0.15, 0.2) is 0 Å². The first-order chi connectivity index (χ1) is 10.2. The van der Waals surface area contributed by atoms with Crippen LogP contribution in [0.4, 0.5) is 0 Å². The molecule has 0 unspecified atom stereocenters. The molecule has 0 radical (unpaired) electrons. The number of sulfonamides is 1. The van der Waals surface area contributed by atoms with E-state index in [0.29, 0.717) is 26.1 Å². The fraction of sp³-hybridized carbons (Fsp3) is 0.562. The minimum atomic E-state index is -3.24. The van der Waals surface area contributed by atoms with Crippen molar-refractivity contribution in [2.75, 3.05) is 25.9 Å².